The van der Waals surface area contributed by atoms with Crippen LogP contribution >= 0.6 is 0 Å². The van der Waals surface area contributed by atoms with Crippen molar-refractivity contribution in [3.8, 4) is 11.1 Å². The number of alkyl halides is 3. The van der Waals surface area contributed by atoms with Gasteiger partial charge < -0.3 is 10.1 Å². The first-order valence-electron chi connectivity index (χ1n) is 13.2. The number of hydrogen-bond donors (Lipinski definition) is 3. The number of benzene rings is 3. The minimum Gasteiger partial charge on any atom is -0.468 e. The van der Waals surface area contributed by atoms with Gasteiger partial charge >= 0.3 is 21.6 Å². The summed E-state index contributed by atoms with van der Waals surface area (Å²) in [6, 6.07) is 16.6. The Hall–Kier alpha value is -3.90. The highest BCUT2D eigenvalue weighted by Gasteiger charge is 2.44. The van der Waals surface area contributed by atoms with Crippen molar-refractivity contribution >= 4 is 43.4 Å². The van der Waals surface area contributed by atoms with Crippen molar-refractivity contribution in [3.63, 3.8) is 0 Å². The maximum absolute atomic E-state index is 14.5. The van der Waals surface area contributed by atoms with Crippen molar-refractivity contribution in [2.24, 2.45) is 5.92 Å². The largest absolute Gasteiger partial charge is 0.522 e. The van der Waals surface area contributed by atoms with Gasteiger partial charge in [-0.05, 0) is 53.4 Å². The Morgan fingerprint density at radius 3 is 1.74 bits per heavy atom. The Labute approximate surface area is 264 Å². The molecule has 0 aliphatic carbocycles. The van der Waals surface area contributed by atoms with Gasteiger partial charge in [-0.1, -0.05) is 38.1 Å². The maximum atomic E-state index is 14.5. The Kier molecular flexibility index (Phi) is 12.2. The summed E-state index contributed by atoms with van der Waals surface area (Å²) in [4.78, 5) is 24.6. The van der Waals surface area contributed by atoms with E-state index in [2.05, 4.69) is 10.0 Å². The molecule has 0 unspecified atom stereocenters. The molecule has 1 amide bonds. The Morgan fingerprint density at radius 2 is 1.35 bits per heavy atom. The van der Waals surface area contributed by atoms with Crippen LogP contribution in [0.2, 0.25) is 0 Å². The standard InChI is InChI=1S/C28H32FN3O5S.CHF3O3S/c1-18(2)26(28(34)37-6)31-38(35,36)23-14-9-20(10-15-23)19-7-12-22(13-8-19)30-27(33)21-11-16-25(24(29)17-21)32(3,4)5;2-1(3,4)8(5,6)7/h7-18,26,31H,1-6H3;(H,5,6,7)/p+1/t26-;/m0./s1. The van der Waals surface area contributed by atoms with Gasteiger partial charge in [0.25, 0.3) is 5.91 Å². The van der Waals surface area contributed by atoms with Crippen molar-refractivity contribution in [2.45, 2.75) is 30.3 Å². The first-order chi connectivity index (χ1) is 21.0. The number of amides is 1. The molecule has 0 aliphatic rings. The minimum absolute atomic E-state index is 0.0168. The van der Waals surface area contributed by atoms with Gasteiger partial charge in [-0.25, -0.2) is 12.8 Å². The van der Waals surface area contributed by atoms with Crippen LogP contribution in [-0.2, 0) is 29.7 Å². The van der Waals surface area contributed by atoms with E-state index in [0.29, 0.717) is 15.9 Å². The fourth-order valence-electron chi connectivity index (χ4n) is 3.79. The molecule has 3 rings (SSSR count). The third-order valence-corrected chi connectivity index (χ3v) is 8.31. The predicted molar refractivity (Wildman–Crippen MR) is 164 cm³/mol. The predicted octanol–water partition coefficient (Wildman–Crippen LogP) is 4.81. The normalized spacial score (nSPS) is 13.0. The highest BCUT2D eigenvalue weighted by Crippen LogP contribution is 2.26. The minimum atomic E-state index is -5.84. The average molecular weight is 693 g/mol. The zero-order valence-electron chi connectivity index (χ0n) is 25.6. The second-order valence-electron chi connectivity index (χ2n) is 11.0. The SMILES string of the molecule is COC(=O)[C@@H](NS(=O)(=O)c1ccc(-c2ccc(NC(=O)c3ccc([N+](C)(C)C)c(F)c3)cc2)cc1)C(C)C.O=S(=O)(O)C(F)(F)F. The molecule has 0 radical (unpaired) electrons. The zero-order chi connectivity index (χ0) is 35.3. The first-order valence-corrected chi connectivity index (χ1v) is 16.2. The highest BCUT2D eigenvalue weighted by atomic mass is 32.2. The second-order valence-corrected chi connectivity index (χ2v) is 14.1. The third kappa shape index (κ3) is 10.3. The summed E-state index contributed by atoms with van der Waals surface area (Å²) in [6.45, 7) is 3.44. The lowest BCUT2D eigenvalue weighted by atomic mass is 10.1. The number of methoxy groups -OCH3 is 1. The molecule has 252 valence electrons. The van der Waals surface area contributed by atoms with Crippen molar-refractivity contribution in [1.29, 1.82) is 0 Å². The number of rotatable bonds is 9. The molecule has 46 heavy (non-hydrogen) atoms. The van der Waals surface area contributed by atoms with E-state index >= 15 is 0 Å². The van der Waals surface area contributed by atoms with Gasteiger partial charge in [0.2, 0.25) is 10.0 Å². The van der Waals surface area contributed by atoms with Gasteiger partial charge in [0.05, 0.1) is 33.1 Å². The number of carbonyl (C=O) groups excluding carboxylic acids is 2. The molecule has 3 aromatic carbocycles. The van der Waals surface area contributed by atoms with Gasteiger partial charge in [0, 0.05) is 17.3 Å². The fraction of sp³-hybridized carbons (Fsp3) is 0.310. The van der Waals surface area contributed by atoms with Crippen LogP contribution < -0.4 is 14.5 Å². The lowest BCUT2D eigenvalue weighted by Crippen LogP contribution is -2.44. The molecule has 0 fully saturated rings. The summed E-state index contributed by atoms with van der Waals surface area (Å²) in [7, 11) is -3.05. The van der Waals surface area contributed by atoms with Crippen LogP contribution in [0, 0.1) is 11.7 Å². The van der Waals surface area contributed by atoms with Crippen LogP contribution in [0.4, 0.5) is 28.9 Å². The smallest absolute Gasteiger partial charge is 0.468 e. The summed E-state index contributed by atoms with van der Waals surface area (Å²) in [5.74, 6) is -1.83. The summed E-state index contributed by atoms with van der Waals surface area (Å²) >= 11 is 0. The Bertz CT molecular complexity index is 1760. The van der Waals surface area contributed by atoms with Gasteiger partial charge in [-0.2, -0.15) is 26.3 Å². The molecule has 0 bridgehead atoms. The third-order valence-electron chi connectivity index (χ3n) is 6.27. The van der Waals surface area contributed by atoms with Crippen LogP contribution in [0.5, 0.6) is 0 Å². The molecule has 0 saturated heterocycles. The van der Waals surface area contributed by atoms with Crippen molar-refractivity contribution in [1.82, 2.24) is 9.21 Å². The van der Waals surface area contributed by atoms with Gasteiger partial charge in [-0.15, -0.1) is 0 Å². The maximum Gasteiger partial charge on any atom is 0.522 e. The van der Waals surface area contributed by atoms with E-state index < -0.39 is 49.4 Å². The van der Waals surface area contributed by atoms with Crippen LogP contribution in [0.3, 0.4) is 0 Å². The molecule has 0 aliphatic heterocycles. The van der Waals surface area contributed by atoms with E-state index in [1.54, 1.807) is 62.4 Å². The van der Waals surface area contributed by atoms with E-state index in [9.17, 15) is 35.6 Å². The van der Waals surface area contributed by atoms with E-state index in [0.717, 1.165) is 11.1 Å². The molecule has 1 atom stereocenters. The van der Waals surface area contributed by atoms with E-state index in [-0.39, 0.29) is 16.4 Å². The second kappa shape index (κ2) is 14.7. The van der Waals surface area contributed by atoms with E-state index in [4.69, 9.17) is 17.7 Å². The molecule has 0 spiro atoms. The number of nitrogens with one attached hydrogen (secondary N) is 2. The lowest BCUT2D eigenvalue weighted by molar-refractivity contribution is -0.143. The molecule has 0 aromatic heterocycles. The number of esters is 1. The van der Waals surface area contributed by atoms with Gasteiger partial charge in [0.15, 0.2) is 11.5 Å². The molecular formula is C29H34F4N3O8S2+. The molecule has 17 heteroatoms. The number of carbonyl (C=O) groups is 2. The van der Waals surface area contributed by atoms with E-state index in [1.165, 1.54) is 25.3 Å². The van der Waals surface area contributed by atoms with Crippen molar-refractivity contribution < 1.29 is 53.3 Å². The Morgan fingerprint density at radius 1 is 0.870 bits per heavy atom. The molecule has 3 aromatic rings. The monoisotopic (exact) mass is 692 g/mol. The Balaban J connectivity index is 0.000000812. The molecule has 0 heterocycles. The molecule has 3 N–H and O–H groups in total. The summed E-state index contributed by atoms with van der Waals surface area (Å²) < 4.78 is 105. The van der Waals surface area contributed by atoms with E-state index in [1.807, 2.05) is 21.1 Å². The number of halogens is 4. The van der Waals surface area contributed by atoms with Crippen LogP contribution in [0.15, 0.2) is 71.6 Å². The molecule has 0 saturated carbocycles. The number of hydrogen-bond acceptors (Lipinski definition) is 7. The van der Waals surface area contributed by atoms with Crippen LogP contribution in [0.25, 0.3) is 11.1 Å². The number of quaternary nitrogens is 1. The lowest BCUT2D eigenvalue weighted by Gasteiger charge is -2.23. The number of anilines is 1. The van der Waals surface area contributed by atoms with Gasteiger partial charge in [-0.3, -0.25) is 18.6 Å². The van der Waals surface area contributed by atoms with Crippen molar-refractivity contribution in [2.75, 3.05) is 33.6 Å². The topological polar surface area (TPSA) is 156 Å². The zero-order valence-corrected chi connectivity index (χ0v) is 27.2. The van der Waals surface area contributed by atoms with Gasteiger partial charge in [0.1, 0.15) is 6.04 Å². The summed E-state index contributed by atoms with van der Waals surface area (Å²) in [6.07, 6.45) is 0. The molecule has 11 nitrogen and oxygen atoms in total. The van der Waals surface area contributed by atoms with Crippen LogP contribution in [0.1, 0.15) is 24.2 Å². The van der Waals surface area contributed by atoms with Crippen LogP contribution in [-0.4, -0.2) is 73.1 Å². The average Bonchev–Trinajstić information content (AvgIpc) is 2.94. The number of nitrogens with zero attached hydrogens (tertiary/aromatic N) is 1. The fourth-order valence-corrected chi connectivity index (χ4v) is 5.12. The number of sulfonamides is 1. The first kappa shape index (κ1) is 38.3. The molecular weight excluding hydrogens is 658 g/mol. The number of ether oxygens (including phenoxy) is 1. The quantitative estimate of drug-likeness (QED) is 0.0949. The highest BCUT2D eigenvalue weighted by molar-refractivity contribution is 7.89. The van der Waals surface area contributed by atoms with Crippen molar-refractivity contribution in [3.05, 3.63) is 78.1 Å². The summed E-state index contributed by atoms with van der Waals surface area (Å²) in [5.41, 5.74) is -2.76. The summed E-state index contributed by atoms with van der Waals surface area (Å²) in [5, 5.41) is 2.76.